The average molecular weight is 380 g/mol. The van der Waals surface area contributed by atoms with Crippen molar-refractivity contribution in [3.63, 3.8) is 0 Å². The van der Waals surface area contributed by atoms with E-state index >= 15 is 0 Å². The smallest absolute Gasteiger partial charge is 0.416 e. The van der Waals surface area contributed by atoms with Crippen LogP contribution >= 0.6 is 0 Å². The van der Waals surface area contributed by atoms with Crippen molar-refractivity contribution in [2.45, 2.75) is 13.1 Å². The standard InChI is InChI=1S/C22H15F3N2O/c1-14-3-2-4-15(11-14)18-7-6-17(22(23,24)25)12-20(18)28-21-8-5-16-13-26-10-9-19(16)27-21/h2-13H,1H3. The number of halogens is 3. The van der Waals surface area contributed by atoms with Crippen molar-refractivity contribution in [2.75, 3.05) is 0 Å². The normalized spacial score (nSPS) is 11.6. The summed E-state index contributed by atoms with van der Waals surface area (Å²) in [4.78, 5) is 8.39. The molecule has 2 heterocycles. The van der Waals surface area contributed by atoms with Crippen LogP contribution in [0.3, 0.4) is 0 Å². The van der Waals surface area contributed by atoms with Crippen molar-refractivity contribution in [3.8, 4) is 22.8 Å². The molecule has 0 bridgehead atoms. The zero-order chi connectivity index (χ0) is 19.7. The summed E-state index contributed by atoms with van der Waals surface area (Å²) in [6.45, 7) is 1.92. The number of ether oxygens (including phenoxy) is 1. The second-order valence-corrected chi connectivity index (χ2v) is 6.40. The highest BCUT2D eigenvalue weighted by Gasteiger charge is 2.31. The summed E-state index contributed by atoms with van der Waals surface area (Å²) in [6, 6.07) is 16.1. The number of alkyl halides is 3. The van der Waals surface area contributed by atoms with Gasteiger partial charge in [0.25, 0.3) is 0 Å². The molecule has 3 nitrogen and oxygen atoms in total. The lowest BCUT2D eigenvalue weighted by Crippen LogP contribution is -2.05. The summed E-state index contributed by atoms with van der Waals surface area (Å²) < 4.78 is 45.5. The zero-order valence-corrected chi connectivity index (χ0v) is 14.9. The Bertz CT molecular complexity index is 1160. The number of rotatable bonds is 3. The molecule has 4 aromatic rings. The minimum atomic E-state index is -4.47. The molecule has 0 radical (unpaired) electrons. The highest BCUT2D eigenvalue weighted by molar-refractivity contribution is 5.78. The molecular weight excluding hydrogens is 365 g/mol. The van der Waals surface area contributed by atoms with Gasteiger partial charge in [0.2, 0.25) is 5.88 Å². The van der Waals surface area contributed by atoms with E-state index in [2.05, 4.69) is 9.97 Å². The van der Waals surface area contributed by atoms with Crippen LogP contribution in [-0.2, 0) is 6.18 Å². The first-order valence-corrected chi connectivity index (χ1v) is 8.57. The lowest BCUT2D eigenvalue weighted by molar-refractivity contribution is -0.137. The fourth-order valence-electron chi connectivity index (χ4n) is 2.95. The first-order valence-electron chi connectivity index (χ1n) is 8.57. The van der Waals surface area contributed by atoms with E-state index in [1.54, 1.807) is 30.6 Å². The van der Waals surface area contributed by atoms with E-state index in [0.29, 0.717) is 11.1 Å². The molecule has 2 aromatic carbocycles. The molecule has 0 aliphatic carbocycles. The van der Waals surface area contributed by atoms with Gasteiger partial charge in [0.05, 0.1) is 11.1 Å². The summed E-state index contributed by atoms with van der Waals surface area (Å²) in [6.07, 6.45) is -1.21. The number of aromatic nitrogens is 2. The predicted molar refractivity (Wildman–Crippen MR) is 101 cm³/mol. The molecule has 0 unspecified atom stereocenters. The molecule has 4 rings (SSSR count). The van der Waals surface area contributed by atoms with E-state index in [-0.39, 0.29) is 11.6 Å². The van der Waals surface area contributed by atoms with E-state index in [1.165, 1.54) is 6.07 Å². The average Bonchev–Trinajstić information content (AvgIpc) is 2.67. The van der Waals surface area contributed by atoms with E-state index in [9.17, 15) is 13.2 Å². The van der Waals surface area contributed by atoms with Crippen molar-refractivity contribution >= 4 is 10.9 Å². The first-order chi connectivity index (χ1) is 13.4. The van der Waals surface area contributed by atoms with Gasteiger partial charge < -0.3 is 4.74 Å². The zero-order valence-electron chi connectivity index (χ0n) is 14.9. The fourth-order valence-corrected chi connectivity index (χ4v) is 2.95. The number of hydrogen-bond donors (Lipinski definition) is 0. The highest BCUT2D eigenvalue weighted by Crippen LogP contribution is 2.39. The molecule has 0 amide bonds. The number of pyridine rings is 2. The van der Waals surface area contributed by atoms with Gasteiger partial charge >= 0.3 is 6.18 Å². The third kappa shape index (κ3) is 3.67. The molecule has 28 heavy (non-hydrogen) atoms. The minimum absolute atomic E-state index is 0.0985. The van der Waals surface area contributed by atoms with Gasteiger partial charge in [-0.3, -0.25) is 4.98 Å². The highest BCUT2D eigenvalue weighted by atomic mass is 19.4. The molecule has 0 saturated carbocycles. The monoisotopic (exact) mass is 380 g/mol. The van der Waals surface area contributed by atoms with E-state index < -0.39 is 11.7 Å². The Morgan fingerprint density at radius 2 is 1.79 bits per heavy atom. The van der Waals surface area contributed by atoms with Crippen molar-refractivity contribution in [1.82, 2.24) is 9.97 Å². The van der Waals surface area contributed by atoms with Crippen LogP contribution in [-0.4, -0.2) is 9.97 Å². The van der Waals surface area contributed by atoms with Crippen LogP contribution < -0.4 is 4.74 Å². The number of aryl methyl sites for hydroxylation is 1. The van der Waals surface area contributed by atoms with Gasteiger partial charge in [0.15, 0.2) is 0 Å². The molecule has 0 fully saturated rings. The maximum atomic E-state index is 13.2. The Kier molecular flexibility index (Phi) is 4.47. The molecule has 0 spiro atoms. The Hall–Kier alpha value is -3.41. The van der Waals surface area contributed by atoms with Crippen molar-refractivity contribution < 1.29 is 17.9 Å². The SMILES string of the molecule is Cc1cccc(-c2ccc(C(F)(F)F)cc2Oc2ccc3cnccc3n2)c1. The Balaban J connectivity index is 1.82. The van der Waals surface area contributed by atoms with Crippen molar-refractivity contribution in [1.29, 1.82) is 0 Å². The van der Waals surface area contributed by atoms with Crippen LogP contribution in [0.5, 0.6) is 11.6 Å². The number of hydrogen-bond acceptors (Lipinski definition) is 3. The predicted octanol–water partition coefficient (Wildman–Crippen LogP) is 6.42. The van der Waals surface area contributed by atoms with Crippen molar-refractivity contribution in [2.24, 2.45) is 0 Å². The number of nitrogens with zero attached hydrogens (tertiary/aromatic N) is 2. The lowest BCUT2D eigenvalue weighted by Gasteiger charge is -2.15. The molecule has 140 valence electrons. The maximum Gasteiger partial charge on any atom is 0.416 e. The van der Waals surface area contributed by atoms with Crippen LogP contribution in [0.4, 0.5) is 13.2 Å². The van der Waals surface area contributed by atoms with Crippen LogP contribution in [0.1, 0.15) is 11.1 Å². The van der Waals surface area contributed by atoms with Gasteiger partial charge in [-0.1, -0.05) is 35.9 Å². The van der Waals surface area contributed by atoms with Gasteiger partial charge in [-0.15, -0.1) is 0 Å². The number of fused-ring (bicyclic) bond motifs is 1. The van der Waals surface area contributed by atoms with E-state index in [4.69, 9.17) is 4.74 Å². The van der Waals surface area contributed by atoms with Gasteiger partial charge in [0.1, 0.15) is 5.75 Å². The first kappa shape index (κ1) is 18.0. The van der Waals surface area contributed by atoms with Crippen LogP contribution in [0.2, 0.25) is 0 Å². The number of benzene rings is 2. The molecule has 0 aliphatic rings. The topological polar surface area (TPSA) is 35.0 Å². The Morgan fingerprint density at radius 3 is 2.57 bits per heavy atom. The van der Waals surface area contributed by atoms with Gasteiger partial charge in [0, 0.05) is 29.4 Å². The van der Waals surface area contributed by atoms with Crippen molar-refractivity contribution in [3.05, 3.63) is 84.2 Å². The molecule has 2 aromatic heterocycles. The molecule has 0 saturated heterocycles. The van der Waals surface area contributed by atoms with Crippen LogP contribution in [0.25, 0.3) is 22.0 Å². The molecule has 0 N–H and O–H groups in total. The summed E-state index contributed by atoms with van der Waals surface area (Å²) in [7, 11) is 0. The fraction of sp³-hybridized carbons (Fsp3) is 0.0909. The second kappa shape index (κ2) is 6.96. The maximum absolute atomic E-state index is 13.2. The summed E-state index contributed by atoms with van der Waals surface area (Å²) >= 11 is 0. The Morgan fingerprint density at radius 1 is 0.929 bits per heavy atom. The van der Waals surface area contributed by atoms with Crippen LogP contribution in [0, 0.1) is 6.92 Å². The summed E-state index contributed by atoms with van der Waals surface area (Å²) in [5.41, 5.74) is 2.21. The Labute approximate surface area is 159 Å². The van der Waals surface area contributed by atoms with Gasteiger partial charge in [-0.2, -0.15) is 13.2 Å². The minimum Gasteiger partial charge on any atom is -0.438 e. The quantitative estimate of drug-likeness (QED) is 0.412. The lowest BCUT2D eigenvalue weighted by atomic mass is 10.0. The summed E-state index contributed by atoms with van der Waals surface area (Å²) in [5.74, 6) is 0.313. The molecule has 0 atom stereocenters. The van der Waals surface area contributed by atoms with Gasteiger partial charge in [-0.05, 0) is 36.8 Å². The third-order valence-electron chi connectivity index (χ3n) is 4.32. The third-order valence-corrected chi connectivity index (χ3v) is 4.32. The van der Waals surface area contributed by atoms with Crippen LogP contribution in [0.15, 0.2) is 73.1 Å². The summed E-state index contributed by atoms with van der Waals surface area (Å²) in [5, 5.41) is 0.817. The molecule has 0 aliphatic heterocycles. The second-order valence-electron chi connectivity index (χ2n) is 6.40. The molecule has 6 heteroatoms. The van der Waals surface area contributed by atoms with E-state index in [0.717, 1.165) is 28.6 Å². The van der Waals surface area contributed by atoms with Gasteiger partial charge in [-0.25, -0.2) is 4.98 Å². The molecular formula is C22H15F3N2O. The largest absolute Gasteiger partial charge is 0.438 e. The van der Waals surface area contributed by atoms with E-state index in [1.807, 2.05) is 31.2 Å².